The van der Waals surface area contributed by atoms with E-state index < -0.39 is 17.0 Å². The fourth-order valence-electron chi connectivity index (χ4n) is 2.88. The van der Waals surface area contributed by atoms with Crippen LogP contribution in [0.25, 0.3) is 17.4 Å². The average molecular weight is 483 g/mol. The third kappa shape index (κ3) is 4.01. The van der Waals surface area contributed by atoms with Gasteiger partial charge < -0.3 is 4.42 Å². The molecule has 9 heteroatoms. The van der Waals surface area contributed by atoms with E-state index in [1.165, 1.54) is 24.3 Å². The highest BCUT2D eigenvalue weighted by atomic mass is 35.5. The molecule has 0 unspecified atom stereocenters. The third-order valence-electron chi connectivity index (χ3n) is 4.37. The van der Waals surface area contributed by atoms with Crippen molar-refractivity contribution in [2.45, 2.75) is 6.54 Å². The van der Waals surface area contributed by atoms with Crippen LogP contribution in [0.4, 0.5) is 9.18 Å². The van der Waals surface area contributed by atoms with Gasteiger partial charge in [-0.15, -0.1) is 0 Å². The maximum atomic E-state index is 14.0. The topological polar surface area (TPSA) is 50.5 Å². The minimum Gasteiger partial charge on any atom is -0.457 e. The molecule has 1 aliphatic heterocycles. The zero-order chi connectivity index (χ0) is 21.4. The Hall–Kier alpha value is -2.25. The van der Waals surface area contributed by atoms with Crippen molar-refractivity contribution in [1.29, 1.82) is 0 Å². The SMILES string of the molecule is O=C1SC(=Cc2ccc(-c3cccc(Cl)c3Cl)o2)C(=O)N1Cc1c(F)cccc1Cl. The fraction of sp³-hybridized carbons (Fsp3) is 0.0476. The molecule has 0 atom stereocenters. The first kappa shape index (κ1) is 21.0. The fourth-order valence-corrected chi connectivity index (χ4v) is 4.31. The Morgan fingerprint density at radius 1 is 1.00 bits per heavy atom. The van der Waals surface area contributed by atoms with E-state index in [4.69, 9.17) is 39.2 Å². The molecule has 0 N–H and O–H groups in total. The van der Waals surface area contributed by atoms with E-state index in [9.17, 15) is 14.0 Å². The van der Waals surface area contributed by atoms with Gasteiger partial charge in [-0.1, -0.05) is 46.9 Å². The Balaban J connectivity index is 1.58. The molecule has 1 aliphatic rings. The second-order valence-corrected chi connectivity index (χ2v) is 8.46. The van der Waals surface area contributed by atoms with Gasteiger partial charge in [0.05, 0.1) is 21.5 Å². The van der Waals surface area contributed by atoms with E-state index in [0.29, 0.717) is 27.1 Å². The maximum Gasteiger partial charge on any atom is 0.293 e. The van der Waals surface area contributed by atoms with Gasteiger partial charge in [-0.3, -0.25) is 14.5 Å². The number of hydrogen-bond acceptors (Lipinski definition) is 4. The summed E-state index contributed by atoms with van der Waals surface area (Å²) in [7, 11) is 0. The Kier molecular flexibility index (Phi) is 5.93. The van der Waals surface area contributed by atoms with Crippen LogP contribution < -0.4 is 0 Å². The van der Waals surface area contributed by atoms with E-state index in [2.05, 4.69) is 0 Å². The summed E-state index contributed by atoms with van der Waals surface area (Å²) in [6.07, 6.45) is 1.45. The Bertz CT molecular complexity index is 1190. The molecule has 30 heavy (non-hydrogen) atoms. The molecule has 0 spiro atoms. The number of rotatable bonds is 4. The largest absolute Gasteiger partial charge is 0.457 e. The smallest absolute Gasteiger partial charge is 0.293 e. The van der Waals surface area contributed by atoms with Gasteiger partial charge >= 0.3 is 0 Å². The van der Waals surface area contributed by atoms with Gasteiger partial charge in [0.2, 0.25) is 0 Å². The van der Waals surface area contributed by atoms with Crippen LogP contribution >= 0.6 is 46.6 Å². The normalized spacial score (nSPS) is 15.5. The number of hydrogen-bond donors (Lipinski definition) is 0. The monoisotopic (exact) mass is 481 g/mol. The lowest BCUT2D eigenvalue weighted by Gasteiger charge is -2.14. The second-order valence-electron chi connectivity index (χ2n) is 6.27. The summed E-state index contributed by atoms with van der Waals surface area (Å²) in [6, 6.07) is 12.7. The highest BCUT2D eigenvalue weighted by molar-refractivity contribution is 8.18. The van der Waals surface area contributed by atoms with E-state index in [-0.39, 0.29) is 22.0 Å². The van der Waals surface area contributed by atoms with Crippen LogP contribution in [-0.4, -0.2) is 16.0 Å². The summed E-state index contributed by atoms with van der Waals surface area (Å²) in [6.45, 7) is -0.255. The lowest BCUT2D eigenvalue weighted by Crippen LogP contribution is -2.28. The highest BCUT2D eigenvalue weighted by Gasteiger charge is 2.36. The number of carbonyl (C=O) groups is 2. The maximum absolute atomic E-state index is 14.0. The molecule has 152 valence electrons. The van der Waals surface area contributed by atoms with Gasteiger partial charge in [-0.05, 0) is 48.2 Å². The van der Waals surface area contributed by atoms with Crippen molar-refractivity contribution in [3.8, 4) is 11.3 Å². The summed E-state index contributed by atoms with van der Waals surface area (Å²) in [4.78, 5) is 26.1. The summed E-state index contributed by atoms with van der Waals surface area (Å²) in [5, 5.41) is 0.365. The van der Waals surface area contributed by atoms with Crippen LogP contribution in [-0.2, 0) is 11.3 Å². The first-order valence-corrected chi connectivity index (χ1v) is 10.5. The molecule has 0 saturated carbocycles. The zero-order valence-electron chi connectivity index (χ0n) is 15.0. The Morgan fingerprint density at radius 3 is 2.50 bits per heavy atom. The number of nitrogens with zero attached hydrogens (tertiary/aromatic N) is 1. The molecular formula is C21H11Cl3FNO3S. The number of furan rings is 1. The predicted molar refractivity (Wildman–Crippen MR) is 117 cm³/mol. The van der Waals surface area contributed by atoms with E-state index in [1.54, 1.807) is 30.3 Å². The van der Waals surface area contributed by atoms with Crippen molar-refractivity contribution < 1.29 is 18.4 Å². The molecule has 0 bridgehead atoms. The van der Waals surface area contributed by atoms with Crippen LogP contribution in [0.15, 0.2) is 57.9 Å². The molecule has 0 radical (unpaired) electrons. The molecule has 0 aliphatic carbocycles. The van der Waals surface area contributed by atoms with Gasteiger partial charge in [0.1, 0.15) is 17.3 Å². The van der Waals surface area contributed by atoms with Crippen LogP contribution in [0.1, 0.15) is 11.3 Å². The molecule has 1 saturated heterocycles. The summed E-state index contributed by atoms with van der Waals surface area (Å²) >= 11 is 19.0. The van der Waals surface area contributed by atoms with E-state index in [0.717, 1.165) is 16.7 Å². The highest BCUT2D eigenvalue weighted by Crippen LogP contribution is 2.37. The second kappa shape index (κ2) is 8.47. The third-order valence-corrected chi connectivity index (χ3v) is 6.45. The molecule has 4 rings (SSSR count). The van der Waals surface area contributed by atoms with Crippen LogP contribution in [0.3, 0.4) is 0 Å². The van der Waals surface area contributed by atoms with Crippen molar-refractivity contribution in [3.63, 3.8) is 0 Å². The lowest BCUT2D eigenvalue weighted by atomic mass is 10.2. The van der Waals surface area contributed by atoms with Crippen molar-refractivity contribution in [3.05, 3.63) is 85.6 Å². The van der Waals surface area contributed by atoms with Crippen LogP contribution in [0, 0.1) is 5.82 Å². The molecule has 1 fully saturated rings. The van der Waals surface area contributed by atoms with Gasteiger partial charge in [0.25, 0.3) is 11.1 Å². The quantitative estimate of drug-likeness (QED) is 0.367. The Morgan fingerprint density at radius 2 is 1.73 bits per heavy atom. The van der Waals surface area contributed by atoms with E-state index in [1.807, 2.05) is 0 Å². The van der Waals surface area contributed by atoms with Gasteiger partial charge in [0.15, 0.2) is 0 Å². The molecule has 4 nitrogen and oxygen atoms in total. The molecule has 1 aromatic heterocycles. The van der Waals surface area contributed by atoms with Gasteiger partial charge in [-0.25, -0.2) is 4.39 Å². The first-order chi connectivity index (χ1) is 14.3. The number of thioether (sulfide) groups is 1. The summed E-state index contributed by atoms with van der Waals surface area (Å²) in [5.74, 6) is -0.316. The molecule has 2 aromatic carbocycles. The van der Waals surface area contributed by atoms with E-state index >= 15 is 0 Å². The summed E-state index contributed by atoms with van der Waals surface area (Å²) < 4.78 is 19.8. The molecule has 3 aromatic rings. The zero-order valence-corrected chi connectivity index (χ0v) is 18.1. The lowest BCUT2D eigenvalue weighted by molar-refractivity contribution is -0.123. The number of carbonyl (C=O) groups excluding carboxylic acids is 2. The van der Waals surface area contributed by atoms with Crippen molar-refractivity contribution in [2.75, 3.05) is 0 Å². The number of imide groups is 1. The molecule has 2 amide bonds. The van der Waals surface area contributed by atoms with Crippen molar-refractivity contribution >= 4 is 63.8 Å². The minimum absolute atomic E-state index is 0.0820. The van der Waals surface area contributed by atoms with Gasteiger partial charge in [0, 0.05) is 22.2 Å². The predicted octanol–water partition coefficient (Wildman–Crippen LogP) is 7.28. The minimum atomic E-state index is -0.584. The summed E-state index contributed by atoms with van der Waals surface area (Å²) in [5.41, 5.74) is 0.685. The molecular weight excluding hydrogens is 472 g/mol. The first-order valence-electron chi connectivity index (χ1n) is 8.57. The Labute approximate surface area is 190 Å². The van der Waals surface area contributed by atoms with Crippen LogP contribution in [0.5, 0.6) is 0 Å². The average Bonchev–Trinajstić information content (AvgIpc) is 3.26. The standard InChI is InChI=1S/C21H11Cl3FNO3S/c22-14-4-2-6-16(25)13(14)10-26-20(27)18(30-21(26)28)9-11-7-8-17(29-11)12-3-1-5-15(23)19(12)24/h1-9H,10H2. The van der Waals surface area contributed by atoms with Gasteiger partial charge in [-0.2, -0.15) is 0 Å². The number of amides is 2. The molecule has 2 heterocycles. The number of benzene rings is 2. The van der Waals surface area contributed by atoms with Crippen LogP contribution in [0.2, 0.25) is 15.1 Å². The van der Waals surface area contributed by atoms with Crippen molar-refractivity contribution in [2.24, 2.45) is 0 Å². The number of halogens is 4. The van der Waals surface area contributed by atoms with Crippen molar-refractivity contribution in [1.82, 2.24) is 4.90 Å².